The number of hydrogen-bond acceptors (Lipinski definition) is 4. The molecule has 6 heteroatoms. The van der Waals surface area contributed by atoms with Crippen LogP contribution in [-0.4, -0.2) is 30.3 Å². The van der Waals surface area contributed by atoms with Crippen molar-refractivity contribution in [3.63, 3.8) is 0 Å². The first-order valence-electron chi connectivity index (χ1n) is 6.50. The Morgan fingerprint density at radius 3 is 2.53 bits per heavy atom. The summed E-state index contributed by atoms with van der Waals surface area (Å²) >= 11 is 0. The van der Waals surface area contributed by atoms with Gasteiger partial charge in [-0.05, 0) is 26.7 Å². The summed E-state index contributed by atoms with van der Waals surface area (Å²) in [6.45, 7) is 5.61. The first kappa shape index (κ1) is 14.0. The van der Waals surface area contributed by atoms with Gasteiger partial charge in [0.25, 0.3) is 0 Å². The lowest BCUT2D eigenvalue weighted by Crippen LogP contribution is -2.41. The molecule has 0 spiro atoms. The molecule has 1 saturated heterocycles. The molecule has 2 heterocycles. The minimum Gasteiger partial charge on any atom is -0.381 e. The lowest BCUT2D eigenvalue weighted by molar-refractivity contribution is 0.0656. The summed E-state index contributed by atoms with van der Waals surface area (Å²) in [5, 5.41) is 5.85. The number of halogens is 2. The lowest BCUT2D eigenvalue weighted by atomic mass is 9.92. The van der Waals surface area contributed by atoms with E-state index in [1.165, 1.54) is 0 Å². The molecule has 0 bridgehead atoms. The average Bonchev–Trinajstić information content (AvgIpc) is 2.36. The van der Waals surface area contributed by atoms with Crippen molar-refractivity contribution in [2.45, 2.75) is 32.2 Å². The van der Waals surface area contributed by atoms with E-state index in [2.05, 4.69) is 15.6 Å². The molecule has 106 valence electrons. The molecule has 0 aliphatic carbocycles. The summed E-state index contributed by atoms with van der Waals surface area (Å²) in [5.74, 6) is -1.20. The van der Waals surface area contributed by atoms with Crippen LogP contribution in [0.1, 0.15) is 26.7 Å². The van der Waals surface area contributed by atoms with Crippen LogP contribution in [0.25, 0.3) is 0 Å². The van der Waals surface area contributed by atoms with Gasteiger partial charge in [-0.15, -0.1) is 0 Å². The van der Waals surface area contributed by atoms with Gasteiger partial charge < -0.3 is 15.4 Å². The van der Waals surface area contributed by atoms with E-state index in [1.54, 1.807) is 0 Å². The molecule has 0 unspecified atom stereocenters. The maximum absolute atomic E-state index is 13.8. The van der Waals surface area contributed by atoms with Gasteiger partial charge in [0.2, 0.25) is 0 Å². The Bertz CT molecular complexity index is 448. The van der Waals surface area contributed by atoms with Crippen molar-refractivity contribution in [3.05, 3.63) is 17.7 Å². The van der Waals surface area contributed by atoms with Crippen molar-refractivity contribution >= 4 is 11.6 Å². The third-order valence-corrected chi connectivity index (χ3v) is 3.29. The quantitative estimate of drug-likeness (QED) is 0.884. The number of pyridine rings is 1. The molecule has 4 nitrogen and oxygen atoms in total. The van der Waals surface area contributed by atoms with Crippen LogP contribution in [0.5, 0.6) is 0 Å². The van der Waals surface area contributed by atoms with Gasteiger partial charge in [0.05, 0.1) is 0 Å². The standard InChI is InChI=1S/C13H19F2N3O/c1-3-16-11-9(14)8-10(15)12(17-11)18-13(2)4-6-19-7-5-13/h8H,3-7H2,1-2H3,(H2,16,17,18). The molecule has 0 atom stereocenters. The van der Waals surface area contributed by atoms with Crippen LogP contribution < -0.4 is 10.6 Å². The molecule has 0 amide bonds. The monoisotopic (exact) mass is 271 g/mol. The molecule has 1 aromatic heterocycles. The Hall–Kier alpha value is -1.43. The number of ether oxygens (including phenoxy) is 1. The summed E-state index contributed by atoms with van der Waals surface area (Å²) in [7, 11) is 0. The minimum atomic E-state index is -0.679. The van der Waals surface area contributed by atoms with Gasteiger partial charge in [-0.3, -0.25) is 0 Å². The van der Waals surface area contributed by atoms with Crippen molar-refractivity contribution in [3.8, 4) is 0 Å². The molecule has 1 aromatic rings. The number of anilines is 2. The number of nitrogens with zero attached hydrogens (tertiary/aromatic N) is 1. The molecule has 1 aliphatic heterocycles. The van der Waals surface area contributed by atoms with E-state index in [4.69, 9.17) is 4.74 Å². The van der Waals surface area contributed by atoms with Crippen LogP contribution in [0.4, 0.5) is 20.4 Å². The second-order valence-corrected chi connectivity index (χ2v) is 4.98. The maximum atomic E-state index is 13.8. The molecule has 19 heavy (non-hydrogen) atoms. The van der Waals surface area contributed by atoms with Crippen molar-refractivity contribution in [1.82, 2.24) is 4.98 Å². The Morgan fingerprint density at radius 2 is 1.89 bits per heavy atom. The normalized spacial score (nSPS) is 18.1. The predicted molar refractivity (Wildman–Crippen MR) is 70.4 cm³/mol. The fourth-order valence-corrected chi connectivity index (χ4v) is 2.08. The van der Waals surface area contributed by atoms with Crippen LogP contribution in [-0.2, 0) is 4.74 Å². The largest absolute Gasteiger partial charge is 0.381 e. The molecular formula is C13H19F2N3O. The van der Waals surface area contributed by atoms with Crippen molar-refractivity contribution in [2.75, 3.05) is 30.4 Å². The first-order chi connectivity index (χ1) is 9.04. The number of aromatic nitrogens is 1. The van der Waals surface area contributed by atoms with Crippen molar-refractivity contribution in [2.24, 2.45) is 0 Å². The molecule has 0 saturated carbocycles. The highest BCUT2D eigenvalue weighted by molar-refractivity contribution is 5.48. The summed E-state index contributed by atoms with van der Waals surface area (Å²) < 4.78 is 32.5. The summed E-state index contributed by atoms with van der Waals surface area (Å²) in [5.41, 5.74) is -0.270. The summed E-state index contributed by atoms with van der Waals surface area (Å²) in [6, 6.07) is 0.857. The van der Waals surface area contributed by atoms with Gasteiger partial charge in [-0.25, -0.2) is 13.8 Å². The van der Waals surface area contributed by atoms with E-state index in [-0.39, 0.29) is 17.2 Å². The van der Waals surface area contributed by atoms with E-state index >= 15 is 0 Å². The Morgan fingerprint density at radius 1 is 1.26 bits per heavy atom. The molecule has 2 rings (SSSR count). The van der Waals surface area contributed by atoms with Gasteiger partial charge >= 0.3 is 0 Å². The molecule has 0 aromatic carbocycles. The van der Waals surface area contributed by atoms with Crippen molar-refractivity contribution < 1.29 is 13.5 Å². The highest BCUT2D eigenvalue weighted by atomic mass is 19.1. The SMILES string of the molecule is CCNc1nc(NC2(C)CCOCC2)c(F)cc1F. The van der Waals surface area contributed by atoms with E-state index in [1.807, 2.05) is 13.8 Å². The van der Waals surface area contributed by atoms with E-state index in [9.17, 15) is 8.78 Å². The zero-order valence-electron chi connectivity index (χ0n) is 11.2. The molecular weight excluding hydrogens is 252 g/mol. The minimum absolute atomic E-state index is 0.0714. The topological polar surface area (TPSA) is 46.2 Å². The average molecular weight is 271 g/mol. The van der Waals surface area contributed by atoms with Crippen LogP contribution >= 0.6 is 0 Å². The van der Waals surface area contributed by atoms with E-state index < -0.39 is 11.6 Å². The van der Waals surface area contributed by atoms with Crippen LogP contribution in [0.2, 0.25) is 0 Å². The molecule has 1 aliphatic rings. The number of nitrogens with one attached hydrogen (secondary N) is 2. The number of rotatable bonds is 4. The third kappa shape index (κ3) is 3.32. The van der Waals surface area contributed by atoms with Gasteiger partial charge in [0, 0.05) is 31.4 Å². The highest BCUT2D eigenvalue weighted by Crippen LogP contribution is 2.27. The zero-order chi connectivity index (χ0) is 13.9. The van der Waals surface area contributed by atoms with Gasteiger partial charge in [0.1, 0.15) is 0 Å². The van der Waals surface area contributed by atoms with Gasteiger partial charge in [0.15, 0.2) is 23.3 Å². The van der Waals surface area contributed by atoms with E-state index in [0.717, 1.165) is 18.9 Å². The Labute approximate surface area is 111 Å². The molecule has 1 fully saturated rings. The Balaban J connectivity index is 2.21. The third-order valence-electron chi connectivity index (χ3n) is 3.29. The molecule has 0 radical (unpaired) electrons. The van der Waals surface area contributed by atoms with E-state index in [0.29, 0.717) is 19.8 Å². The first-order valence-corrected chi connectivity index (χ1v) is 6.50. The Kier molecular flexibility index (Phi) is 4.19. The van der Waals surface area contributed by atoms with Gasteiger partial charge in [-0.1, -0.05) is 0 Å². The van der Waals surface area contributed by atoms with Gasteiger partial charge in [-0.2, -0.15) is 0 Å². The lowest BCUT2D eigenvalue weighted by Gasteiger charge is -2.35. The van der Waals surface area contributed by atoms with Crippen LogP contribution in [0, 0.1) is 11.6 Å². The zero-order valence-corrected chi connectivity index (χ0v) is 11.2. The summed E-state index contributed by atoms with van der Waals surface area (Å²) in [6.07, 6.45) is 1.53. The fourth-order valence-electron chi connectivity index (χ4n) is 2.08. The smallest absolute Gasteiger partial charge is 0.168 e. The van der Waals surface area contributed by atoms with Crippen LogP contribution in [0.3, 0.4) is 0 Å². The molecule has 2 N–H and O–H groups in total. The second kappa shape index (κ2) is 5.69. The predicted octanol–water partition coefficient (Wildman–Crippen LogP) is 2.77. The fraction of sp³-hybridized carbons (Fsp3) is 0.615. The highest BCUT2D eigenvalue weighted by Gasteiger charge is 2.28. The van der Waals surface area contributed by atoms with Crippen molar-refractivity contribution in [1.29, 1.82) is 0 Å². The second-order valence-electron chi connectivity index (χ2n) is 4.98. The van der Waals surface area contributed by atoms with Crippen LogP contribution in [0.15, 0.2) is 6.07 Å². The maximum Gasteiger partial charge on any atom is 0.168 e. The number of hydrogen-bond donors (Lipinski definition) is 2. The summed E-state index contributed by atoms with van der Waals surface area (Å²) in [4.78, 5) is 3.99.